The number of rotatable bonds is 4. The Labute approximate surface area is 150 Å². The van der Waals surface area contributed by atoms with Crippen LogP contribution in [0.4, 0.5) is 0 Å². The van der Waals surface area contributed by atoms with E-state index in [1.807, 2.05) is 24.3 Å². The number of hydrogen-bond acceptors (Lipinski definition) is 2. The van der Waals surface area contributed by atoms with Crippen molar-refractivity contribution in [3.8, 4) is 5.75 Å². The number of hydrogen-bond donors (Lipinski definition) is 2. The molecule has 0 radical (unpaired) electrons. The van der Waals surface area contributed by atoms with Crippen molar-refractivity contribution in [2.24, 2.45) is 0 Å². The van der Waals surface area contributed by atoms with E-state index in [2.05, 4.69) is 44.1 Å². The van der Waals surface area contributed by atoms with Crippen molar-refractivity contribution in [3.05, 3.63) is 60.4 Å². The molecule has 0 fully saturated rings. The van der Waals surface area contributed by atoms with Gasteiger partial charge in [-0.15, -0.1) is 0 Å². The first kappa shape index (κ1) is 17.1. The second-order valence-electron chi connectivity index (χ2n) is 4.68. The molecule has 21 heavy (non-hydrogen) atoms. The van der Waals surface area contributed by atoms with Gasteiger partial charge in [-0.1, -0.05) is 29.3 Å². The van der Waals surface area contributed by atoms with Crippen LogP contribution in [-0.2, 0) is 6.54 Å². The predicted octanol–water partition coefficient (Wildman–Crippen LogP) is 6.07. The molecule has 0 aromatic heterocycles. The topological polar surface area (TPSA) is 32.3 Å². The largest absolute Gasteiger partial charge is 0.506 e. The van der Waals surface area contributed by atoms with Crippen LogP contribution in [0.15, 0.2) is 39.3 Å². The lowest BCUT2D eigenvalue weighted by Crippen LogP contribution is -2.18. The van der Waals surface area contributed by atoms with Crippen molar-refractivity contribution < 1.29 is 5.11 Å². The first-order valence-electron chi connectivity index (χ1n) is 6.23. The van der Waals surface area contributed by atoms with Crippen LogP contribution in [0.1, 0.15) is 24.1 Å². The van der Waals surface area contributed by atoms with Gasteiger partial charge in [0.2, 0.25) is 0 Å². The molecule has 0 aliphatic rings. The molecular weight excluding hydrogens is 441 g/mol. The van der Waals surface area contributed by atoms with Crippen LogP contribution in [0.25, 0.3) is 0 Å². The van der Waals surface area contributed by atoms with Gasteiger partial charge < -0.3 is 10.4 Å². The summed E-state index contributed by atoms with van der Waals surface area (Å²) >= 11 is 18.6. The molecule has 6 heteroatoms. The highest BCUT2D eigenvalue weighted by Gasteiger charge is 2.09. The van der Waals surface area contributed by atoms with Crippen LogP contribution >= 0.6 is 55.1 Å². The zero-order valence-corrected chi connectivity index (χ0v) is 15.8. The molecule has 2 nitrogen and oxygen atoms in total. The molecule has 112 valence electrons. The summed E-state index contributed by atoms with van der Waals surface area (Å²) in [7, 11) is 0. The monoisotopic (exact) mass is 451 g/mol. The van der Waals surface area contributed by atoms with Gasteiger partial charge in [-0.2, -0.15) is 0 Å². The Bertz CT molecular complexity index is 641. The molecule has 0 bridgehead atoms. The number of phenolic OH excluding ortho intramolecular Hbond substituents is 1. The summed E-state index contributed by atoms with van der Waals surface area (Å²) in [5.74, 6) is 0.205. The molecule has 0 aliphatic carbocycles. The third-order valence-corrected chi connectivity index (χ3v) is 5.08. The predicted molar refractivity (Wildman–Crippen MR) is 95.2 cm³/mol. The first-order valence-corrected chi connectivity index (χ1v) is 8.58. The fourth-order valence-electron chi connectivity index (χ4n) is 1.89. The van der Waals surface area contributed by atoms with Crippen molar-refractivity contribution in [2.75, 3.05) is 0 Å². The van der Waals surface area contributed by atoms with Gasteiger partial charge in [0.05, 0.1) is 19.0 Å². The first-order chi connectivity index (χ1) is 9.88. The van der Waals surface area contributed by atoms with Gasteiger partial charge in [-0.3, -0.25) is 0 Å². The van der Waals surface area contributed by atoms with Crippen LogP contribution in [0.3, 0.4) is 0 Å². The smallest absolute Gasteiger partial charge is 0.143 e. The zero-order valence-electron chi connectivity index (χ0n) is 11.1. The van der Waals surface area contributed by atoms with Crippen LogP contribution in [0.5, 0.6) is 5.75 Å². The normalized spacial score (nSPS) is 12.4. The number of benzene rings is 2. The van der Waals surface area contributed by atoms with E-state index in [4.69, 9.17) is 23.2 Å². The maximum absolute atomic E-state index is 9.70. The third-order valence-electron chi connectivity index (χ3n) is 3.13. The van der Waals surface area contributed by atoms with Gasteiger partial charge in [0.25, 0.3) is 0 Å². The molecule has 2 aromatic rings. The molecule has 0 amide bonds. The van der Waals surface area contributed by atoms with Crippen LogP contribution in [-0.4, -0.2) is 5.11 Å². The van der Waals surface area contributed by atoms with Gasteiger partial charge in [0.15, 0.2) is 0 Å². The molecule has 0 saturated carbocycles. The highest BCUT2D eigenvalue weighted by atomic mass is 79.9. The summed E-state index contributed by atoms with van der Waals surface area (Å²) in [6.07, 6.45) is 0. The highest BCUT2D eigenvalue weighted by Crippen LogP contribution is 2.33. The van der Waals surface area contributed by atoms with Crippen molar-refractivity contribution >= 4 is 55.1 Å². The molecule has 1 unspecified atom stereocenters. The fraction of sp³-hybridized carbons (Fsp3) is 0.200. The quantitative estimate of drug-likeness (QED) is 0.588. The van der Waals surface area contributed by atoms with Crippen LogP contribution in [0, 0.1) is 0 Å². The van der Waals surface area contributed by atoms with E-state index in [1.54, 1.807) is 6.07 Å². The zero-order chi connectivity index (χ0) is 15.6. The number of nitrogens with one attached hydrogen (secondary N) is 1. The molecule has 2 rings (SSSR count). The third kappa shape index (κ3) is 4.36. The van der Waals surface area contributed by atoms with E-state index < -0.39 is 0 Å². The van der Waals surface area contributed by atoms with E-state index in [-0.39, 0.29) is 11.8 Å². The molecule has 2 N–H and O–H groups in total. The average molecular weight is 454 g/mol. The summed E-state index contributed by atoms with van der Waals surface area (Å²) in [6, 6.07) is 9.51. The lowest BCUT2D eigenvalue weighted by Gasteiger charge is -2.15. The Morgan fingerprint density at radius 3 is 2.29 bits per heavy atom. The highest BCUT2D eigenvalue weighted by molar-refractivity contribution is 9.11. The van der Waals surface area contributed by atoms with Gasteiger partial charge in [-0.05, 0) is 74.2 Å². The molecule has 0 saturated heterocycles. The van der Waals surface area contributed by atoms with E-state index in [9.17, 15) is 5.11 Å². The van der Waals surface area contributed by atoms with Crippen LogP contribution in [0.2, 0.25) is 10.0 Å². The number of halogens is 4. The molecular formula is C15H13Br2Cl2NO. The summed E-state index contributed by atoms with van der Waals surface area (Å²) in [5, 5.41) is 14.2. The minimum Gasteiger partial charge on any atom is -0.506 e. The van der Waals surface area contributed by atoms with Gasteiger partial charge in [0.1, 0.15) is 5.75 Å². The summed E-state index contributed by atoms with van der Waals surface area (Å²) in [5.41, 5.74) is 2.12. The Morgan fingerprint density at radius 1 is 1.10 bits per heavy atom. The van der Waals surface area contributed by atoms with Crippen molar-refractivity contribution in [1.29, 1.82) is 0 Å². The maximum Gasteiger partial charge on any atom is 0.143 e. The number of phenols is 1. The van der Waals surface area contributed by atoms with E-state index in [0.29, 0.717) is 25.5 Å². The average Bonchev–Trinajstić information content (AvgIpc) is 2.44. The van der Waals surface area contributed by atoms with Gasteiger partial charge in [-0.25, -0.2) is 0 Å². The SMILES string of the molecule is CC(NCc1cc(Br)c(O)c(Br)c1)c1ccc(Cl)c(Cl)c1. The fourth-order valence-corrected chi connectivity index (χ4v) is 3.48. The Kier molecular flexibility index (Phi) is 5.97. The van der Waals surface area contributed by atoms with Crippen molar-refractivity contribution in [3.63, 3.8) is 0 Å². The minimum atomic E-state index is 0.131. The Hall–Kier alpha value is -0.260. The van der Waals surface area contributed by atoms with E-state index in [1.165, 1.54) is 0 Å². The maximum atomic E-state index is 9.70. The molecule has 0 spiro atoms. The molecule has 1 atom stereocenters. The molecule has 0 heterocycles. The van der Waals surface area contributed by atoms with Gasteiger partial charge in [0, 0.05) is 12.6 Å². The van der Waals surface area contributed by atoms with Gasteiger partial charge >= 0.3 is 0 Å². The molecule has 0 aliphatic heterocycles. The standard InChI is InChI=1S/C15H13Br2Cl2NO/c1-8(10-2-3-13(18)14(19)6-10)20-7-9-4-11(16)15(21)12(17)5-9/h2-6,8,20-21H,7H2,1H3. The van der Waals surface area contributed by atoms with E-state index in [0.717, 1.165) is 11.1 Å². The summed E-state index contributed by atoms with van der Waals surface area (Å²) in [6.45, 7) is 2.73. The van der Waals surface area contributed by atoms with Crippen molar-refractivity contribution in [2.45, 2.75) is 19.5 Å². The van der Waals surface area contributed by atoms with E-state index >= 15 is 0 Å². The lowest BCUT2D eigenvalue weighted by molar-refractivity contribution is 0.467. The number of aromatic hydroxyl groups is 1. The van der Waals surface area contributed by atoms with Crippen molar-refractivity contribution in [1.82, 2.24) is 5.32 Å². The summed E-state index contributed by atoms with van der Waals surface area (Å²) < 4.78 is 1.33. The Balaban J connectivity index is 2.07. The minimum absolute atomic E-state index is 0.131. The summed E-state index contributed by atoms with van der Waals surface area (Å²) in [4.78, 5) is 0. The lowest BCUT2D eigenvalue weighted by atomic mass is 10.1. The second-order valence-corrected chi connectivity index (χ2v) is 7.21. The Morgan fingerprint density at radius 2 is 1.71 bits per heavy atom. The molecule has 2 aromatic carbocycles. The second kappa shape index (κ2) is 7.34. The van der Waals surface area contributed by atoms with Crippen LogP contribution < -0.4 is 5.32 Å².